The topological polar surface area (TPSA) is 87.7 Å². The van der Waals surface area contributed by atoms with Gasteiger partial charge >= 0.3 is 0 Å². The second-order valence-electron chi connectivity index (χ2n) is 8.27. The zero-order valence-electron chi connectivity index (χ0n) is 18.2. The van der Waals surface area contributed by atoms with Crippen LogP contribution in [0.5, 0.6) is 5.75 Å². The van der Waals surface area contributed by atoms with E-state index in [0.717, 1.165) is 5.56 Å². The lowest BCUT2D eigenvalue weighted by molar-refractivity contribution is -0.133. The molecular formula is C23H26ClN3O4. The number of halogens is 1. The summed E-state index contributed by atoms with van der Waals surface area (Å²) < 4.78 is 5.84. The number of ether oxygens (including phenoxy) is 1. The second-order valence-corrected chi connectivity index (χ2v) is 8.68. The largest absolute Gasteiger partial charge is 0.476 e. The molecule has 0 bridgehead atoms. The number of nitrogens with zero attached hydrogens (tertiary/aromatic N) is 1. The fourth-order valence-electron chi connectivity index (χ4n) is 3.29. The van der Waals surface area contributed by atoms with Gasteiger partial charge in [-0.2, -0.15) is 0 Å². The van der Waals surface area contributed by atoms with Crippen molar-refractivity contribution in [3.05, 3.63) is 52.5 Å². The number of fused-ring (bicyclic) bond motifs is 1. The molecule has 1 heterocycles. The predicted octanol–water partition coefficient (Wildman–Crippen LogP) is 3.93. The van der Waals surface area contributed by atoms with Gasteiger partial charge in [-0.3, -0.25) is 19.3 Å². The van der Waals surface area contributed by atoms with Crippen molar-refractivity contribution in [2.45, 2.75) is 46.3 Å². The molecule has 1 aliphatic rings. The number of hydrogen-bond donors (Lipinski definition) is 2. The van der Waals surface area contributed by atoms with Crippen LogP contribution in [0.2, 0.25) is 5.02 Å². The summed E-state index contributed by atoms with van der Waals surface area (Å²) in [6.45, 7) is 8.57. The van der Waals surface area contributed by atoms with Gasteiger partial charge in [0.05, 0.1) is 5.69 Å². The van der Waals surface area contributed by atoms with E-state index in [0.29, 0.717) is 27.7 Å². The van der Waals surface area contributed by atoms with Gasteiger partial charge in [0, 0.05) is 22.3 Å². The lowest BCUT2D eigenvalue weighted by Gasteiger charge is -2.38. The maximum Gasteiger partial charge on any atom is 0.271 e. The lowest BCUT2D eigenvalue weighted by atomic mass is 10.0. The molecular weight excluding hydrogens is 418 g/mol. The summed E-state index contributed by atoms with van der Waals surface area (Å²) in [5.74, 6) is -0.606. The molecule has 2 aromatic carbocycles. The van der Waals surface area contributed by atoms with Crippen LogP contribution in [0.4, 0.5) is 11.4 Å². The van der Waals surface area contributed by atoms with Crippen LogP contribution >= 0.6 is 11.6 Å². The molecule has 0 unspecified atom stereocenters. The maximum atomic E-state index is 13.1. The van der Waals surface area contributed by atoms with E-state index in [1.54, 1.807) is 57.2 Å². The van der Waals surface area contributed by atoms with Crippen LogP contribution < -0.4 is 20.3 Å². The molecule has 0 spiro atoms. The van der Waals surface area contributed by atoms with Crippen molar-refractivity contribution >= 4 is 40.7 Å². The van der Waals surface area contributed by atoms with E-state index in [-0.39, 0.29) is 30.3 Å². The third kappa shape index (κ3) is 4.82. The molecule has 31 heavy (non-hydrogen) atoms. The van der Waals surface area contributed by atoms with Crippen LogP contribution in [-0.2, 0) is 9.59 Å². The molecule has 0 saturated carbocycles. The van der Waals surface area contributed by atoms with E-state index in [4.69, 9.17) is 16.3 Å². The van der Waals surface area contributed by atoms with Gasteiger partial charge in [0.1, 0.15) is 12.3 Å². The average molecular weight is 444 g/mol. The molecule has 0 saturated heterocycles. The quantitative estimate of drug-likeness (QED) is 0.732. The van der Waals surface area contributed by atoms with Crippen molar-refractivity contribution in [3.63, 3.8) is 0 Å². The summed E-state index contributed by atoms with van der Waals surface area (Å²) >= 11 is 6.13. The van der Waals surface area contributed by atoms with Crippen LogP contribution in [0.3, 0.4) is 0 Å². The molecule has 3 rings (SSSR count). The number of carbonyl (C=O) groups is 3. The normalized spacial score (nSPS) is 14.7. The fourth-order valence-corrected chi connectivity index (χ4v) is 3.46. The first-order valence-electron chi connectivity index (χ1n) is 10.0. The molecule has 2 N–H and O–H groups in total. The number of carbonyl (C=O) groups excluding carboxylic acids is 3. The molecule has 164 valence electrons. The second kappa shape index (κ2) is 8.59. The summed E-state index contributed by atoms with van der Waals surface area (Å²) in [6.07, 6.45) is 0. The Morgan fingerprint density at radius 3 is 2.58 bits per heavy atom. The molecule has 0 aromatic heterocycles. The Hall–Kier alpha value is -3.06. The summed E-state index contributed by atoms with van der Waals surface area (Å²) in [4.78, 5) is 39.7. The number of rotatable bonds is 5. The Bertz CT molecular complexity index is 1050. The molecule has 0 aliphatic carbocycles. The Labute approximate surface area is 186 Å². The lowest BCUT2D eigenvalue weighted by Crippen LogP contribution is -2.54. The standard InChI is InChI=1S/C23H26ClN3O4/c1-13(2)25-21(29)15-9-10-19-18(11-15)27(22(30)23(4,5)31-19)12-20(28)26-17-8-6-7-16(24)14(17)3/h6-11,13H,12H2,1-5H3,(H,25,29)(H,26,28). The summed E-state index contributed by atoms with van der Waals surface area (Å²) in [7, 11) is 0. The van der Waals surface area contributed by atoms with Crippen molar-refractivity contribution in [1.29, 1.82) is 0 Å². The van der Waals surface area contributed by atoms with Crippen molar-refractivity contribution in [2.75, 3.05) is 16.8 Å². The molecule has 0 atom stereocenters. The van der Waals surface area contributed by atoms with Gasteiger partial charge in [-0.05, 0) is 70.5 Å². The molecule has 1 aliphatic heterocycles. The third-order valence-electron chi connectivity index (χ3n) is 4.90. The van der Waals surface area contributed by atoms with Crippen molar-refractivity contribution in [3.8, 4) is 5.75 Å². The number of anilines is 2. The number of amides is 3. The van der Waals surface area contributed by atoms with E-state index in [9.17, 15) is 14.4 Å². The van der Waals surface area contributed by atoms with Crippen molar-refractivity contribution in [2.24, 2.45) is 0 Å². The van der Waals surface area contributed by atoms with Crippen LogP contribution in [-0.4, -0.2) is 35.9 Å². The highest BCUT2D eigenvalue weighted by atomic mass is 35.5. The summed E-state index contributed by atoms with van der Waals surface area (Å²) in [6, 6.07) is 10.0. The van der Waals surface area contributed by atoms with Crippen LogP contribution in [0, 0.1) is 6.92 Å². The highest BCUT2D eigenvalue weighted by Gasteiger charge is 2.42. The van der Waals surface area contributed by atoms with E-state index < -0.39 is 5.60 Å². The van der Waals surface area contributed by atoms with Crippen LogP contribution in [0.1, 0.15) is 43.6 Å². The summed E-state index contributed by atoms with van der Waals surface area (Å²) in [5, 5.41) is 6.16. The minimum absolute atomic E-state index is 0.0387. The Morgan fingerprint density at radius 1 is 1.19 bits per heavy atom. The molecule has 2 aromatic rings. The van der Waals surface area contributed by atoms with Gasteiger partial charge in [0.25, 0.3) is 11.8 Å². The average Bonchev–Trinajstić information content (AvgIpc) is 2.68. The van der Waals surface area contributed by atoms with E-state index >= 15 is 0 Å². The smallest absolute Gasteiger partial charge is 0.271 e. The Balaban J connectivity index is 1.91. The highest BCUT2D eigenvalue weighted by molar-refractivity contribution is 6.31. The van der Waals surface area contributed by atoms with Crippen LogP contribution in [0.15, 0.2) is 36.4 Å². The summed E-state index contributed by atoms with van der Waals surface area (Å²) in [5.41, 5.74) is 0.904. The third-order valence-corrected chi connectivity index (χ3v) is 5.31. The number of benzene rings is 2. The van der Waals surface area contributed by atoms with Gasteiger partial charge in [-0.1, -0.05) is 17.7 Å². The van der Waals surface area contributed by atoms with Crippen molar-refractivity contribution in [1.82, 2.24) is 5.32 Å². The van der Waals surface area contributed by atoms with E-state index in [1.165, 1.54) is 4.90 Å². The zero-order valence-corrected chi connectivity index (χ0v) is 19.0. The molecule has 0 fully saturated rings. The van der Waals surface area contributed by atoms with Gasteiger partial charge in [0.2, 0.25) is 5.91 Å². The predicted molar refractivity (Wildman–Crippen MR) is 121 cm³/mol. The van der Waals surface area contributed by atoms with E-state index in [2.05, 4.69) is 10.6 Å². The maximum absolute atomic E-state index is 13.1. The number of nitrogens with one attached hydrogen (secondary N) is 2. The minimum atomic E-state index is -1.15. The van der Waals surface area contributed by atoms with Gasteiger partial charge in [0.15, 0.2) is 5.60 Å². The Kier molecular flexibility index (Phi) is 6.27. The SMILES string of the molecule is Cc1c(Cl)cccc1NC(=O)CN1C(=O)C(C)(C)Oc2ccc(C(=O)NC(C)C)cc21. The monoisotopic (exact) mass is 443 g/mol. The van der Waals surface area contributed by atoms with Crippen LogP contribution in [0.25, 0.3) is 0 Å². The van der Waals surface area contributed by atoms with Gasteiger partial charge < -0.3 is 15.4 Å². The number of hydrogen-bond acceptors (Lipinski definition) is 4. The molecule has 7 nitrogen and oxygen atoms in total. The minimum Gasteiger partial charge on any atom is -0.476 e. The first-order valence-corrected chi connectivity index (χ1v) is 10.4. The first-order chi connectivity index (χ1) is 14.5. The van der Waals surface area contributed by atoms with Crippen molar-refractivity contribution < 1.29 is 19.1 Å². The van der Waals surface area contributed by atoms with Gasteiger partial charge in [-0.25, -0.2) is 0 Å². The zero-order chi connectivity index (χ0) is 22.9. The Morgan fingerprint density at radius 2 is 1.90 bits per heavy atom. The first kappa shape index (κ1) is 22.6. The van der Waals surface area contributed by atoms with Gasteiger partial charge in [-0.15, -0.1) is 0 Å². The molecule has 3 amide bonds. The molecule has 0 radical (unpaired) electrons. The van der Waals surface area contributed by atoms with E-state index in [1.807, 2.05) is 13.8 Å². The highest BCUT2D eigenvalue weighted by Crippen LogP contribution is 2.38. The fraction of sp³-hybridized carbons (Fsp3) is 0.348. The molecule has 8 heteroatoms.